The highest BCUT2D eigenvalue weighted by Gasteiger charge is 2.23. The molecule has 0 aliphatic carbocycles. The van der Waals surface area contributed by atoms with Crippen molar-refractivity contribution in [2.45, 2.75) is 19.4 Å². The molecule has 2 rings (SSSR count). The van der Waals surface area contributed by atoms with Gasteiger partial charge in [0.1, 0.15) is 6.04 Å². The van der Waals surface area contributed by atoms with Gasteiger partial charge in [0.25, 0.3) is 0 Å². The lowest BCUT2D eigenvalue weighted by Crippen LogP contribution is -2.33. The van der Waals surface area contributed by atoms with Crippen LogP contribution in [0.4, 0.5) is 5.69 Å². The Hall–Kier alpha value is -2.14. The lowest BCUT2D eigenvalue weighted by molar-refractivity contribution is -0.144. The van der Waals surface area contributed by atoms with Crippen molar-refractivity contribution in [2.75, 3.05) is 11.9 Å². The second kappa shape index (κ2) is 8.48. The van der Waals surface area contributed by atoms with Crippen LogP contribution in [0.25, 0.3) is 0 Å². The standard InChI is InChI=1S/C18H18BrNO3/c1-2-23-18(22)16(20-15-10-8-14(19)9-11-15)12-17(21)13-6-4-3-5-7-13/h3-11,16,20H,2,12H2,1H3. The van der Waals surface area contributed by atoms with E-state index in [1.165, 1.54) is 0 Å². The molecule has 0 saturated carbocycles. The first-order chi connectivity index (χ1) is 11.1. The zero-order chi connectivity index (χ0) is 16.7. The Kier molecular flexibility index (Phi) is 6.35. The first kappa shape index (κ1) is 17.2. The average molecular weight is 376 g/mol. The summed E-state index contributed by atoms with van der Waals surface area (Å²) in [6.45, 7) is 2.02. The fraction of sp³-hybridized carbons (Fsp3) is 0.222. The van der Waals surface area contributed by atoms with Crippen LogP contribution in [0.5, 0.6) is 0 Å². The van der Waals surface area contributed by atoms with Gasteiger partial charge in [0.2, 0.25) is 0 Å². The third-order valence-corrected chi connectivity index (χ3v) is 3.77. The van der Waals surface area contributed by atoms with Crippen LogP contribution in [0.3, 0.4) is 0 Å². The van der Waals surface area contributed by atoms with E-state index in [2.05, 4.69) is 21.2 Å². The maximum atomic E-state index is 12.4. The summed E-state index contributed by atoms with van der Waals surface area (Å²) >= 11 is 3.36. The highest BCUT2D eigenvalue weighted by molar-refractivity contribution is 9.10. The number of hydrogen-bond donors (Lipinski definition) is 1. The third-order valence-electron chi connectivity index (χ3n) is 3.24. The van der Waals surface area contributed by atoms with E-state index >= 15 is 0 Å². The summed E-state index contributed by atoms with van der Waals surface area (Å²) in [5.74, 6) is -0.534. The number of nitrogens with one attached hydrogen (secondary N) is 1. The summed E-state index contributed by atoms with van der Waals surface area (Å²) in [5, 5.41) is 3.08. The fourth-order valence-corrected chi connectivity index (χ4v) is 2.38. The minimum atomic E-state index is -0.719. The lowest BCUT2D eigenvalue weighted by atomic mass is 10.0. The van der Waals surface area contributed by atoms with Crippen LogP contribution in [-0.4, -0.2) is 24.4 Å². The maximum Gasteiger partial charge on any atom is 0.329 e. The maximum absolute atomic E-state index is 12.4. The van der Waals surface area contributed by atoms with Crippen LogP contribution < -0.4 is 5.32 Å². The molecule has 0 aliphatic heterocycles. The largest absolute Gasteiger partial charge is 0.464 e. The monoisotopic (exact) mass is 375 g/mol. The molecular weight excluding hydrogens is 358 g/mol. The summed E-state index contributed by atoms with van der Waals surface area (Å²) in [7, 11) is 0. The molecule has 5 heteroatoms. The number of benzene rings is 2. The number of Topliss-reactive ketones (excluding diaryl/α,β-unsaturated/α-hetero) is 1. The van der Waals surface area contributed by atoms with E-state index < -0.39 is 12.0 Å². The minimum Gasteiger partial charge on any atom is -0.464 e. The molecule has 0 saturated heterocycles. The van der Waals surface area contributed by atoms with Gasteiger partial charge in [0.15, 0.2) is 5.78 Å². The highest BCUT2D eigenvalue weighted by atomic mass is 79.9. The van der Waals surface area contributed by atoms with Gasteiger partial charge >= 0.3 is 5.97 Å². The first-order valence-corrected chi connectivity index (χ1v) is 8.16. The molecule has 4 nitrogen and oxygen atoms in total. The van der Waals surface area contributed by atoms with Crippen molar-refractivity contribution < 1.29 is 14.3 Å². The van der Waals surface area contributed by atoms with Crippen LogP contribution in [-0.2, 0) is 9.53 Å². The molecule has 2 aromatic rings. The predicted octanol–water partition coefficient (Wildman–Crippen LogP) is 4.07. The number of anilines is 1. The minimum absolute atomic E-state index is 0.0406. The van der Waals surface area contributed by atoms with E-state index in [4.69, 9.17) is 4.74 Å². The van der Waals surface area contributed by atoms with E-state index in [1.807, 2.05) is 30.3 Å². The van der Waals surface area contributed by atoms with Crippen LogP contribution in [0.2, 0.25) is 0 Å². The number of carbonyl (C=O) groups excluding carboxylic acids is 2. The molecule has 1 atom stereocenters. The van der Waals surface area contributed by atoms with Gasteiger partial charge in [-0.15, -0.1) is 0 Å². The van der Waals surface area contributed by atoms with Gasteiger partial charge in [-0.2, -0.15) is 0 Å². The molecule has 0 heterocycles. The molecule has 1 N–H and O–H groups in total. The van der Waals surface area contributed by atoms with E-state index in [0.717, 1.165) is 10.2 Å². The first-order valence-electron chi connectivity index (χ1n) is 7.37. The van der Waals surface area contributed by atoms with E-state index in [9.17, 15) is 9.59 Å². The molecule has 120 valence electrons. The van der Waals surface area contributed by atoms with Gasteiger partial charge in [-0.3, -0.25) is 4.79 Å². The van der Waals surface area contributed by atoms with Crippen LogP contribution in [0.15, 0.2) is 59.1 Å². The van der Waals surface area contributed by atoms with Crippen molar-refractivity contribution in [3.63, 3.8) is 0 Å². The molecule has 23 heavy (non-hydrogen) atoms. The van der Waals surface area contributed by atoms with Crippen LogP contribution >= 0.6 is 15.9 Å². The van der Waals surface area contributed by atoms with E-state index in [0.29, 0.717) is 5.56 Å². The van der Waals surface area contributed by atoms with Crippen molar-refractivity contribution in [1.29, 1.82) is 0 Å². The molecule has 0 fully saturated rings. The number of ether oxygens (including phenoxy) is 1. The number of halogens is 1. The van der Waals surface area contributed by atoms with Gasteiger partial charge in [-0.25, -0.2) is 4.79 Å². The Balaban J connectivity index is 2.12. The molecule has 0 bridgehead atoms. The third kappa shape index (κ3) is 5.21. The quantitative estimate of drug-likeness (QED) is 0.585. The van der Waals surface area contributed by atoms with Crippen molar-refractivity contribution >= 4 is 33.4 Å². The van der Waals surface area contributed by atoms with Gasteiger partial charge < -0.3 is 10.1 Å². The fourth-order valence-electron chi connectivity index (χ4n) is 2.11. The van der Waals surface area contributed by atoms with Gasteiger partial charge in [-0.05, 0) is 31.2 Å². The number of ketones is 1. The number of hydrogen-bond acceptors (Lipinski definition) is 4. The summed E-state index contributed by atoms with van der Waals surface area (Å²) < 4.78 is 6.01. The zero-order valence-corrected chi connectivity index (χ0v) is 14.4. The van der Waals surface area contributed by atoms with Crippen molar-refractivity contribution in [2.24, 2.45) is 0 Å². The van der Waals surface area contributed by atoms with Crippen molar-refractivity contribution in [1.82, 2.24) is 0 Å². The smallest absolute Gasteiger partial charge is 0.329 e. The molecule has 1 unspecified atom stereocenters. The van der Waals surface area contributed by atoms with E-state index in [-0.39, 0.29) is 18.8 Å². The van der Waals surface area contributed by atoms with Crippen LogP contribution in [0, 0.1) is 0 Å². The van der Waals surface area contributed by atoms with Crippen molar-refractivity contribution in [3.8, 4) is 0 Å². The Morgan fingerprint density at radius 1 is 1.09 bits per heavy atom. The predicted molar refractivity (Wildman–Crippen MR) is 93.6 cm³/mol. The van der Waals surface area contributed by atoms with Gasteiger partial charge in [-0.1, -0.05) is 46.3 Å². The molecule has 2 aromatic carbocycles. The number of carbonyl (C=O) groups is 2. The normalized spacial score (nSPS) is 11.6. The Morgan fingerprint density at radius 3 is 2.35 bits per heavy atom. The Bertz CT molecular complexity index is 656. The number of rotatable bonds is 7. The second-order valence-corrected chi connectivity index (χ2v) is 5.86. The molecule has 0 aromatic heterocycles. The lowest BCUT2D eigenvalue weighted by Gasteiger charge is -2.18. The SMILES string of the molecule is CCOC(=O)C(CC(=O)c1ccccc1)Nc1ccc(Br)cc1. The Morgan fingerprint density at radius 2 is 1.74 bits per heavy atom. The van der Waals surface area contributed by atoms with Gasteiger partial charge in [0.05, 0.1) is 6.61 Å². The molecule has 0 spiro atoms. The van der Waals surface area contributed by atoms with Gasteiger partial charge in [0, 0.05) is 22.1 Å². The summed E-state index contributed by atoms with van der Waals surface area (Å²) in [5.41, 5.74) is 1.34. The molecule has 0 aliphatic rings. The summed E-state index contributed by atoms with van der Waals surface area (Å²) in [6.07, 6.45) is 0.0406. The average Bonchev–Trinajstić information content (AvgIpc) is 2.57. The Labute approximate surface area is 144 Å². The molecule has 0 radical (unpaired) electrons. The van der Waals surface area contributed by atoms with Crippen molar-refractivity contribution in [3.05, 3.63) is 64.6 Å². The molecule has 0 amide bonds. The van der Waals surface area contributed by atoms with Crippen LogP contribution in [0.1, 0.15) is 23.7 Å². The molecular formula is C18H18BrNO3. The highest BCUT2D eigenvalue weighted by Crippen LogP contribution is 2.17. The van der Waals surface area contributed by atoms with E-state index in [1.54, 1.807) is 31.2 Å². The second-order valence-electron chi connectivity index (χ2n) is 4.95. The number of esters is 1. The summed E-state index contributed by atoms with van der Waals surface area (Å²) in [6, 6.07) is 15.6. The summed E-state index contributed by atoms with van der Waals surface area (Å²) in [4.78, 5) is 24.5. The zero-order valence-electron chi connectivity index (χ0n) is 12.8. The topological polar surface area (TPSA) is 55.4 Å².